The van der Waals surface area contributed by atoms with Gasteiger partial charge in [-0.2, -0.15) is 0 Å². The highest BCUT2D eigenvalue weighted by Crippen LogP contribution is 2.22. The molecule has 0 heteroatoms. The third-order valence-corrected chi connectivity index (χ3v) is 2.96. The maximum atomic E-state index is 3.46. The maximum Gasteiger partial charge on any atom is 0.0242 e. The zero-order valence-electron chi connectivity index (χ0n) is 12.7. The second-order valence-corrected chi connectivity index (χ2v) is 4.89. The van der Waals surface area contributed by atoms with Crippen LogP contribution in [0.2, 0.25) is 0 Å². The van der Waals surface area contributed by atoms with Crippen LogP contribution >= 0.6 is 0 Å². The summed E-state index contributed by atoms with van der Waals surface area (Å²) in [6.07, 6.45) is 7.61. The van der Waals surface area contributed by atoms with Crippen LogP contribution in [0.4, 0.5) is 0 Å². The molecule has 0 heterocycles. The Balaban J connectivity index is 0.000000550. The first-order chi connectivity index (χ1) is 9.10. The number of rotatable bonds is 1. The number of benzene rings is 1. The summed E-state index contributed by atoms with van der Waals surface area (Å²) in [5, 5.41) is 0. The molecule has 0 saturated heterocycles. The lowest BCUT2D eigenvalue weighted by atomic mass is 10.0. The lowest BCUT2D eigenvalue weighted by molar-refractivity contribution is 1.09. The first kappa shape index (κ1) is 15.3. The summed E-state index contributed by atoms with van der Waals surface area (Å²) < 4.78 is 0. The molecule has 0 aliphatic heterocycles. The van der Waals surface area contributed by atoms with E-state index in [2.05, 4.69) is 82.8 Å². The van der Waals surface area contributed by atoms with Crippen LogP contribution in [-0.4, -0.2) is 0 Å². The van der Waals surface area contributed by atoms with Crippen LogP contribution in [0, 0.1) is 6.92 Å². The molecule has 0 radical (unpaired) electrons. The lowest BCUT2D eigenvalue weighted by Crippen LogP contribution is -1.84. The SMILES string of the molecule is CC1=C=C(c2ccccc2C)C=CC=C1C.CCC. The molecule has 0 nitrogen and oxygen atoms in total. The highest BCUT2D eigenvalue weighted by molar-refractivity contribution is 5.77. The Morgan fingerprint density at radius 1 is 1.00 bits per heavy atom. The molecule has 19 heavy (non-hydrogen) atoms. The number of hydrogen-bond acceptors (Lipinski definition) is 0. The van der Waals surface area contributed by atoms with Gasteiger partial charge in [-0.25, -0.2) is 0 Å². The van der Waals surface area contributed by atoms with Crippen molar-refractivity contribution < 1.29 is 0 Å². The van der Waals surface area contributed by atoms with Gasteiger partial charge in [0.25, 0.3) is 0 Å². The van der Waals surface area contributed by atoms with E-state index in [1.807, 2.05) is 0 Å². The molecule has 100 valence electrons. The van der Waals surface area contributed by atoms with Crippen molar-refractivity contribution in [2.45, 2.75) is 41.0 Å². The first-order valence-electron chi connectivity index (χ1n) is 6.99. The summed E-state index contributed by atoms with van der Waals surface area (Å²) in [5.41, 5.74) is 9.68. The van der Waals surface area contributed by atoms with Gasteiger partial charge in [-0.15, -0.1) is 5.73 Å². The van der Waals surface area contributed by atoms with Crippen molar-refractivity contribution in [3.8, 4) is 0 Å². The average molecular weight is 252 g/mol. The van der Waals surface area contributed by atoms with E-state index in [0.29, 0.717) is 0 Å². The van der Waals surface area contributed by atoms with E-state index in [1.165, 1.54) is 34.3 Å². The van der Waals surface area contributed by atoms with Crippen molar-refractivity contribution in [1.29, 1.82) is 0 Å². The Kier molecular flexibility index (Phi) is 6.12. The summed E-state index contributed by atoms with van der Waals surface area (Å²) >= 11 is 0. The number of allylic oxidation sites excluding steroid dienone is 5. The fraction of sp³-hybridized carbons (Fsp3) is 0.316. The van der Waals surface area contributed by atoms with Crippen molar-refractivity contribution in [2.75, 3.05) is 0 Å². The zero-order chi connectivity index (χ0) is 14.3. The quantitative estimate of drug-likeness (QED) is 0.549. The number of hydrogen-bond donors (Lipinski definition) is 0. The molecule has 1 aliphatic rings. The highest BCUT2D eigenvalue weighted by Gasteiger charge is 2.03. The molecule has 0 fully saturated rings. The van der Waals surface area contributed by atoms with Crippen LogP contribution in [0.25, 0.3) is 5.57 Å². The Morgan fingerprint density at radius 2 is 1.63 bits per heavy atom. The summed E-state index contributed by atoms with van der Waals surface area (Å²) in [5.74, 6) is 0. The van der Waals surface area contributed by atoms with Crippen LogP contribution in [0.3, 0.4) is 0 Å². The Morgan fingerprint density at radius 3 is 2.26 bits per heavy atom. The van der Waals surface area contributed by atoms with Gasteiger partial charge in [0.15, 0.2) is 0 Å². The molecule has 0 saturated carbocycles. The van der Waals surface area contributed by atoms with E-state index >= 15 is 0 Å². The van der Waals surface area contributed by atoms with Crippen LogP contribution in [-0.2, 0) is 0 Å². The van der Waals surface area contributed by atoms with Crippen LogP contribution < -0.4 is 0 Å². The standard InChI is InChI=1S/C16H16.C3H8/c1-12-8-6-9-15(11-14(12)3)16-10-5-4-7-13(16)2;1-3-2/h4-10H,1-3H3;3H2,1-2H3. The van der Waals surface area contributed by atoms with Crippen molar-refractivity contribution in [3.63, 3.8) is 0 Å². The molecular formula is C19H24. The Hall–Kier alpha value is -1.78. The minimum Gasteiger partial charge on any atom is -0.109 e. The summed E-state index contributed by atoms with van der Waals surface area (Å²) in [6, 6.07) is 8.43. The molecule has 1 aliphatic carbocycles. The largest absolute Gasteiger partial charge is 0.109 e. The lowest BCUT2D eigenvalue weighted by Gasteiger charge is -2.03. The molecule has 0 unspecified atom stereocenters. The van der Waals surface area contributed by atoms with E-state index < -0.39 is 0 Å². The van der Waals surface area contributed by atoms with E-state index in [-0.39, 0.29) is 0 Å². The predicted octanol–water partition coefficient (Wildman–Crippen LogP) is 5.86. The van der Waals surface area contributed by atoms with Gasteiger partial charge in [0.1, 0.15) is 0 Å². The van der Waals surface area contributed by atoms with E-state index in [1.54, 1.807) is 0 Å². The molecule has 0 amide bonds. The van der Waals surface area contributed by atoms with Crippen LogP contribution in [0.1, 0.15) is 45.2 Å². The highest BCUT2D eigenvalue weighted by atomic mass is 14.1. The first-order valence-corrected chi connectivity index (χ1v) is 6.99. The van der Waals surface area contributed by atoms with Gasteiger partial charge < -0.3 is 0 Å². The van der Waals surface area contributed by atoms with Gasteiger partial charge in [0, 0.05) is 5.57 Å². The monoisotopic (exact) mass is 252 g/mol. The van der Waals surface area contributed by atoms with Crippen molar-refractivity contribution in [2.24, 2.45) is 0 Å². The zero-order valence-corrected chi connectivity index (χ0v) is 12.7. The Labute approximate surface area is 117 Å². The molecule has 0 spiro atoms. The van der Waals surface area contributed by atoms with E-state index in [4.69, 9.17) is 0 Å². The second kappa shape index (κ2) is 7.61. The van der Waals surface area contributed by atoms with Crippen LogP contribution in [0.5, 0.6) is 0 Å². The van der Waals surface area contributed by atoms with Gasteiger partial charge in [-0.1, -0.05) is 56.7 Å². The molecular weight excluding hydrogens is 228 g/mol. The summed E-state index contributed by atoms with van der Waals surface area (Å²) in [4.78, 5) is 0. The molecule has 0 N–H and O–H groups in total. The summed E-state index contributed by atoms with van der Waals surface area (Å²) in [7, 11) is 0. The van der Waals surface area contributed by atoms with Gasteiger partial charge in [0.2, 0.25) is 0 Å². The van der Waals surface area contributed by atoms with E-state index in [9.17, 15) is 0 Å². The summed E-state index contributed by atoms with van der Waals surface area (Å²) in [6.45, 7) is 10.6. The molecule has 1 aromatic rings. The van der Waals surface area contributed by atoms with Gasteiger partial charge >= 0.3 is 0 Å². The average Bonchev–Trinajstić information content (AvgIpc) is 2.54. The van der Waals surface area contributed by atoms with Crippen molar-refractivity contribution in [1.82, 2.24) is 0 Å². The molecule has 0 aromatic heterocycles. The fourth-order valence-electron chi connectivity index (χ4n) is 1.79. The number of aryl methyl sites for hydroxylation is 1. The minimum atomic E-state index is 1.17. The van der Waals surface area contributed by atoms with Gasteiger partial charge in [0.05, 0.1) is 0 Å². The molecule has 2 rings (SSSR count). The van der Waals surface area contributed by atoms with E-state index in [0.717, 1.165) is 0 Å². The third kappa shape index (κ3) is 4.43. The third-order valence-electron chi connectivity index (χ3n) is 2.96. The normalized spacial score (nSPS) is 13.6. The van der Waals surface area contributed by atoms with Crippen LogP contribution in [0.15, 0.2) is 59.4 Å². The van der Waals surface area contributed by atoms with Gasteiger partial charge in [-0.3, -0.25) is 0 Å². The smallest absolute Gasteiger partial charge is 0.0242 e. The van der Waals surface area contributed by atoms with Crippen molar-refractivity contribution in [3.05, 3.63) is 70.5 Å². The topological polar surface area (TPSA) is 0 Å². The Bertz CT molecular complexity index is 547. The second-order valence-electron chi connectivity index (χ2n) is 4.89. The predicted molar refractivity (Wildman–Crippen MR) is 86.1 cm³/mol. The minimum absolute atomic E-state index is 1.17. The molecule has 1 aromatic carbocycles. The van der Waals surface area contributed by atoms with Gasteiger partial charge in [-0.05, 0) is 49.1 Å². The molecule has 0 atom stereocenters. The fourth-order valence-corrected chi connectivity index (χ4v) is 1.79. The van der Waals surface area contributed by atoms with Crippen molar-refractivity contribution >= 4 is 5.57 Å². The molecule has 0 bridgehead atoms. The maximum absolute atomic E-state index is 3.46.